The van der Waals surface area contributed by atoms with E-state index in [1.54, 1.807) is 0 Å². The lowest BCUT2D eigenvalue weighted by atomic mass is 9.93. The summed E-state index contributed by atoms with van der Waals surface area (Å²) in [5, 5.41) is 5.76. The Labute approximate surface area is 124 Å². The van der Waals surface area contributed by atoms with Gasteiger partial charge in [-0.15, -0.1) is 0 Å². The molecule has 1 saturated carbocycles. The van der Waals surface area contributed by atoms with E-state index in [-0.39, 0.29) is 6.03 Å². The van der Waals surface area contributed by atoms with E-state index in [0.717, 1.165) is 30.0 Å². The van der Waals surface area contributed by atoms with Crippen LogP contribution >= 0.6 is 0 Å². The summed E-state index contributed by atoms with van der Waals surface area (Å²) in [7, 11) is 0. The molecule has 0 radical (unpaired) electrons. The summed E-state index contributed by atoms with van der Waals surface area (Å²) < 4.78 is 5.70. The predicted molar refractivity (Wildman–Crippen MR) is 82.8 cm³/mol. The first kappa shape index (κ1) is 13.5. The van der Waals surface area contributed by atoms with E-state index < -0.39 is 0 Å². The van der Waals surface area contributed by atoms with Crippen molar-refractivity contribution in [3.8, 4) is 11.5 Å². The second kappa shape index (κ2) is 6.31. The molecule has 0 unspecified atom stereocenters. The molecule has 0 atom stereocenters. The fourth-order valence-corrected chi connectivity index (χ4v) is 2.14. The Balaban J connectivity index is 1.55. The van der Waals surface area contributed by atoms with E-state index in [0.29, 0.717) is 6.04 Å². The Morgan fingerprint density at radius 3 is 2.24 bits per heavy atom. The molecule has 2 aromatic rings. The number of carbonyl (C=O) groups is 1. The van der Waals surface area contributed by atoms with Gasteiger partial charge < -0.3 is 15.4 Å². The van der Waals surface area contributed by atoms with Crippen LogP contribution in [0.4, 0.5) is 10.5 Å². The Morgan fingerprint density at radius 1 is 0.952 bits per heavy atom. The minimum absolute atomic E-state index is 0.142. The number of anilines is 1. The summed E-state index contributed by atoms with van der Waals surface area (Å²) in [6.45, 7) is 0. The number of para-hydroxylation sites is 1. The number of urea groups is 1. The quantitative estimate of drug-likeness (QED) is 0.885. The number of nitrogens with one attached hydrogen (secondary N) is 2. The van der Waals surface area contributed by atoms with E-state index in [1.807, 2.05) is 54.6 Å². The number of benzene rings is 2. The zero-order valence-corrected chi connectivity index (χ0v) is 11.7. The predicted octanol–water partition coefficient (Wildman–Crippen LogP) is 4.15. The van der Waals surface area contributed by atoms with E-state index in [2.05, 4.69) is 10.6 Å². The molecule has 108 valence electrons. The number of rotatable bonds is 4. The van der Waals surface area contributed by atoms with E-state index in [9.17, 15) is 4.79 Å². The van der Waals surface area contributed by atoms with Crippen LogP contribution in [-0.2, 0) is 0 Å². The smallest absolute Gasteiger partial charge is 0.319 e. The molecular weight excluding hydrogens is 264 g/mol. The van der Waals surface area contributed by atoms with Gasteiger partial charge in [-0.1, -0.05) is 18.2 Å². The molecule has 4 nitrogen and oxygen atoms in total. The SMILES string of the molecule is O=C(Nc1ccc(Oc2ccccc2)cc1)NC1CCC1. The summed E-state index contributed by atoms with van der Waals surface area (Å²) in [6, 6.07) is 17.1. The largest absolute Gasteiger partial charge is 0.457 e. The summed E-state index contributed by atoms with van der Waals surface area (Å²) >= 11 is 0. The zero-order valence-electron chi connectivity index (χ0n) is 11.7. The van der Waals surface area contributed by atoms with Crippen molar-refractivity contribution in [3.63, 3.8) is 0 Å². The highest BCUT2D eigenvalue weighted by Crippen LogP contribution is 2.23. The van der Waals surface area contributed by atoms with Gasteiger partial charge >= 0.3 is 6.03 Å². The van der Waals surface area contributed by atoms with Crippen molar-refractivity contribution in [2.75, 3.05) is 5.32 Å². The van der Waals surface area contributed by atoms with Gasteiger partial charge in [0.25, 0.3) is 0 Å². The van der Waals surface area contributed by atoms with Crippen LogP contribution in [0.5, 0.6) is 11.5 Å². The average molecular weight is 282 g/mol. The normalized spacial score (nSPS) is 14.1. The summed E-state index contributed by atoms with van der Waals surface area (Å²) in [4.78, 5) is 11.7. The van der Waals surface area contributed by atoms with Gasteiger partial charge in [0.05, 0.1) is 0 Å². The van der Waals surface area contributed by atoms with Gasteiger partial charge in [-0.2, -0.15) is 0 Å². The molecule has 21 heavy (non-hydrogen) atoms. The molecule has 4 heteroatoms. The Morgan fingerprint density at radius 2 is 1.62 bits per heavy atom. The molecule has 0 aliphatic heterocycles. The second-order valence-corrected chi connectivity index (χ2v) is 5.17. The van der Waals surface area contributed by atoms with Crippen LogP contribution < -0.4 is 15.4 Å². The average Bonchev–Trinajstić information content (AvgIpc) is 2.46. The molecule has 0 aromatic heterocycles. The number of hydrogen-bond donors (Lipinski definition) is 2. The molecule has 0 bridgehead atoms. The molecule has 3 rings (SSSR count). The van der Waals surface area contributed by atoms with Gasteiger partial charge in [-0.3, -0.25) is 0 Å². The first-order chi connectivity index (χ1) is 10.3. The lowest BCUT2D eigenvalue weighted by molar-refractivity contribution is 0.240. The lowest BCUT2D eigenvalue weighted by Crippen LogP contribution is -2.41. The van der Waals surface area contributed by atoms with Crippen LogP contribution in [-0.4, -0.2) is 12.1 Å². The van der Waals surface area contributed by atoms with Crippen LogP contribution in [0, 0.1) is 0 Å². The molecule has 1 aliphatic rings. The molecule has 1 fully saturated rings. The van der Waals surface area contributed by atoms with Crippen LogP contribution in [0.15, 0.2) is 54.6 Å². The maximum absolute atomic E-state index is 11.7. The van der Waals surface area contributed by atoms with Crippen molar-refractivity contribution in [1.82, 2.24) is 5.32 Å². The van der Waals surface area contributed by atoms with E-state index >= 15 is 0 Å². The maximum Gasteiger partial charge on any atom is 0.319 e. The van der Waals surface area contributed by atoms with Crippen molar-refractivity contribution in [3.05, 3.63) is 54.6 Å². The molecule has 0 heterocycles. The van der Waals surface area contributed by atoms with Crippen molar-refractivity contribution < 1.29 is 9.53 Å². The first-order valence-electron chi connectivity index (χ1n) is 7.20. The van der Waals surface area contributed by atoms with Crippen molar-refractivity contribution in [1.29, 1.82) is 0 Å². The van der Waals surface area contributed by atoms with Crippen molar-refractivity contribution in [2.24, 2.45) is 0 Å². The Bertz CT molecular complexity index is 592. The highest BCUT2D eigenvalue weighted by Gasteiger charge is 2.19. The van der Waals surface area contributed by atoms with Gasteiger partial charge in [0.15, 0.2) is 0 Å². The third-order valence-electron chi connectivity index (χ3n) is 3.53. The first-order valence-corrected chi connectivity index (χ1v) is 7.20. The van der Waals surface area contributed by atoms with Crippen LogP contribution in [0.3, 0.4) is 0 Å². The third kappa shape index (κ3) is 3.75. The summed E-state index contributed by atoms with van der Waals surface area (Å²) in [6.07, 6.45) is 3.37. The topological polar surface area (TPSA) is 50.4 Å². The number of carbonyl (C=O) groups excluding carboxylic acids is 1. The molecule has 1 aliphatic carbocycles. The summed E-state index contributed by atoms with van der Waals surface area (Å²) in [5.41, 5.74) is 0.757. The van der Waals surface area contributed by atoms with Gasteiger partial charge in [0, 0.05) is 11.7 Å². The van der Waals surface area contributed by atoms with Crippen LogP contribution in [0.25, 0.3) is 0 Å². The number of ether oxygens (including phenoxy) is 1. The Kier molecular flexibility index (Phi) is 4.05. The second-order valence-electron chi connectivity index (χ2n) is 5.17. The van der Waals surface area contributed by atoms with Gasteiger partial charge in [-0.05, 0) is 55.7 Å². The van der Waals surface area contributed by atoms with Gasteiger partial charge in [-0.25, -0.2) is 4.79 Å². The van der Waals surface area contributed by atoms with E-state index in [1.165, 1.54) is 6.42 Å². The molecule has 2 aromatic carbocycles. The highest BCUT2D eigenvalue weighted by molar-refractivity contribution is 5.89. The standard InChI is InChI=1S/C17H18N2O2/c20-17(18-13-5-4-6-13)19-14-9-11-16(12-10-14)21-15-7-2-1-3-8-15/h1-3,7-13H,4-6H2,(H2,18,19,20). The van der Waals surface area contributed by atoms with E-state index in [4.69, 9.17) is 4.74 Å². The molecule has 0 saturated heterocycles. The van der Waals surface area contributed by atoms with Gasteiger partial charge in [0.2, 0.25) is 0 Å². The zero-order chi connectivity index (χ0) is 14.5. The fraction of sp³-hybridized carbons (Fsp3) is 0.235. The number of hydrogen-bond acceptors (Lipinski definition) is 2. The fourth-order valence-electron chi connectivity index (χ4n) is 2.14. The van der Waals surface area contributed by atoms with Gasteiger partial charge in [0.1, 0.15) is 11.5 Å². The summed E-state index contributed by atoms with van der Waals surface area (Å²) in [5.74, 6) is 1.53. The Hall–Kier alpha value is -2.49. The molecular formula is C17H18N2O2. The molecule has 0 spiro atoms. The minimum Gasteiger partial charge on any atom is -0.457 e. The lowest BCUT2D eigenvalue weighted by Gasteiger charge is -2.26. The maximum atomic E-state index is 11.7. The molecule has 2 N–H and O–H groups in total. The third-order valence-corrected chi connectivity index (χ3v) is 3.53. The highest BCUT2D eigenvalue weighted by atomic mass is 16.5. The molecule has 2 amide bonds. The van der Waals surface area contributed by atoms with Crippen LogP contribution in [0.2, 0.25) is 0 Å². The monoisotopic (exact) mass is 282 g/mol. The number of amides is 2. The minimum atomic E-state index is -0.142. The van der Waals surface area contributed by atoms with Crippen molar-refractivity contribution >= 4 is 11.7 Å². The van der Waals surface area contributed by atoms with Crippen LogP contribution in [0.1, 0.15) is 19.3 Å². The van der Waals surface area contributed by atoms with Crippen molar-refractivity contribution in [2.45, 2.75) is 25.3 Å².